The van der Waals surface area contributed by atoms with Crippen molar-refractivity contribution in [3.05, 3.63) is 11.8 Å². The molecule has 7 heteroatoms. The van der Waals surface area contributed by atoms with Crippen molar-refractivity contribution in [1.29, 1.82) is 0 Å². The predicted octanol–water partition coefficient (Wildman–Crippen LogP) is 0.239. The zero-order chi connectivity index (χ0) is 14.7. The normalized spacial score (nSPS) is 18.5. The maximum atomic E-state index is 12.2. The Bertz CT molecular complexity index is 517. The van der Waals surface area contributed by atoms with Gasteiger partial charge in [-0.05, 0) is 12.8 Å². The number of carbonyl (C=O) groups is 1. The third-order valence-electron chi connectivity index (χ3n) is 3.78. The third-order valence-corrected chi connectivity index (χ3v) is 3.78. The molecule has 1 aromatic rings. The Morgan fingerprint density at radius 3 is 2.95 bits per heavy atom. The monoisotopic (exact) mass is 292 g/mol. The van der Waals surface area contributed by atoms with Crippen LogP contribution >= 0.6 is 0 Å². The van der Waals surface area contributed by atoms with Crippen molar-refractivity contribution in [2.45, 2.75) is 12.8 Å². The summed E-state index contributed by atoms with van der Waals surface area (Å²) in [6.45, 7) is 3.71. The first-order chi connectivity index (χ1) is 10.3. The molecule has 0 spiro atoms. The highest BCUT2D eigenvalue weighted by atomic mass is 16.5. The van der Waals surface area contributed by atoms with Gasteiger partial charge in [0, 0.05) is 38.5 Å². The van der Waals surface area contributed by atoms with Gasteiger partial charge in [-0.15, -0.1) is 0 Å². The number of amides is 1. The number of aryl methyl sites for hydroxylation is 1. The van der Waals surface area contributed by atoms with E-state index in [4.69, 9.17) is 9.47 Å². The molecule has 3 rings (SSSR count). The SMILES string of the molecule is COCC(=O)N1CCCc2cnc(N3CCOCC3)nc21. The number of nitrogens with zero attached hydrogens (tertiary/aromatic N) is 4. The summed E-state index contributed by atoms with van der Waals surface area (Å²) in [5.74, 6) is 1.36. The van der Waals surface area contributed by atoms with Crippen LogP contribution in [0.3, 0.4) is 0 Å². The molecular formula is C14H20N4O3. The Hall–Kier alpha value is -1.73. The Morgan fingerprint density at radius 1 is 1.38 bits per heavy atom. The molecule has 0 atom stereocenters. The highest BCUT2D eigenvalue weighted by Gasteiger charge is 2.26. The van der Waals surface area contributed by atoms with E-state index in [1.807, 2.05) is 6.20 Å². The molecule has 0 bridgehead atoms. The lowest BCUT2D eigenvalue weighted by Gasteiger charge is -2.31. The molecule has 1 amide bonds. The first-order valence-corrected chi connectivity index (χ1v) is 7.27. The van der Waals surface area contributed by atoms with Crippen LogP contribution in [0.2, 0.25) is 0 Å². The van der Waals surface area contributed by atoms with Crippen molar-refractivity contribution >= 4 is 17.7 Å². The van der Waals surface area contributed by atoms with Gasteiger partial charge in [0.25, 0.3) is 5.91 Å². The summed E-state index contributed by atoms with van der Waals surface area (Å²) in [7, 11) is 1.53. The van der Waals surface area contributed by atoms with E-state index in [0.717, 1.165) is 37.3 Å². The van der Waals surface area contributed by atoms with Crippen LogP contribution in [-0.4, -0.2) is 62.4 Å². The molecule has 0 saturated carbocycles. The quantitative estimate of drug-likeness (QED) is 0.795. The first kappa shape index (κ1) is 14.2. The number of anilines is 2. The van der Waals surface area contributed by atoms with Crippen molar-refractivity contribution in [2.24, 2.45) is 0 Å². The van der Waals surface area contributed by atoms with Crippen LogP contribution in [0.4, 0.5) is 11.8 Å². The number of hydrogen-bond acceptors (Lipinski definition) is 6. The Labute approximate surface area is 123 Å². The lowest BCUT2D eigenvalue weighted by Crippen LogP contribution is -2.40. The van der Waals surface area contributed by atoms with E-state index in [1.54, 1.807) is 4.90 Å². The van der Waals surface area contributed by atoms with E-state index in [-0.39, 0.29) is 12.5 Å². The van der Waals surface area contributed by atoms with Gasteiger partial charge in [0.15, 0.2) is 0 Å². The molecule has 2 aliphatic heterocycles. The van der Waals surface area contributed by atoms with Gasteiger partial charge in [0.2, 0.25) is 5.95 Å². The number of aromatic nitrogens is 2. The van der Waals surface area contributed by atoms with Crippen LogP contribution in [0.1, 0.15) is 12.0 Å². The summed E-state index contributed by atoms with van der Waals surface area (Å²) in [5.41, 5.74) is 1.03. The second-order valence-corrected chi connectivity index (χ2v) is 5.20. The Morgan fingerprint density at radius 2 is 2.19 bits per heavy atom. The summed E-state index contributed by atoms with van der Waals surface area (Å²) < 4.78 is 10.3. The van der Waals surface area contributed by atoms with E-state index in [1.165, 1.54) is 7.11 Å². The van der Waals surface area contributed by atoms with E-state index < -0.39 is 0 Å². The molecule has 0 unspecified atom stereocenters. The molecule has 0 N–H and O–H groups in total. The van der Waals surface area contributed by atoms with Crippen LogP contribution in [-0.2, 0) is 20.7 Å². The smallest absolute Gasteiger partial charge is 0.254 e. The van der Waals surface area contributed by atoms with Crippen molar-refractivity contribution < 1.29 is 14.3 Å². The van der Waals surface area contributed by atoms with Crippen molar-refractivity contribution in [2.75, 3.05) is 56.4 Å². The number of fused-ring (bicyclic) bond motifs is 1. The zero-order valence-electron chi connectivity index (χ0n) is 12.2. The fraction of sp³-hybridized carbons (Fsp3) is 0.643. The van der Waals surface area contributed by atoms with E-state index in [9.17, 15) is 4.79 Å². The molecule has 114 valence electrons. The average molecular weight is 292 g/mol. The molecule has 1 saturated heterocycles. The zero-order valence-corrected chi connectivity index (χ0v) is 12.2. The van der Waals surface area contributed by atoms with Gasteiger partial charge in [-0.25, -0.2) is 4.98 Å². The van der Waals surface area contributed by atoms with E-state index >= 15 is 0 Å². The second-order valence-electron chi connectivity index (χ2n) is 5.20. The molecule has 21 heavy (non-hydrogen) atoms. The predicted molar refractivity (Wildman–Crippen MR) is 77.6 cm³/mol. The maximum absolute atomic E-state index is 12.2. The van der Waals surface area contributed by atoms with Crippen LogP contribution in [0.5, 0.6) is 0 Å². The van der Waals surface area contributed by atoms with Crippen LogP contribution in [0.25, 0.3) is 0 Å². The van der Waals surface area contributed by atoms with Gasteiger partial charge >= 0.3 is 0 Å². The molecule has 7 nitrogen and oxygen atoms in total. The minimum absolute atomic E-state index is 0.0509. The molecule has 1 fully saturated rings. The van der Waals surface area contributed by atoms with Gasteiger partial charge in [0.1, 0.15) is 12.4 Å². The van der Waals surface area contributed by atoms with Gasteiger partial charge in [0.05, 0.1) is 13.2 Å². The average Bonchev–Trinajstić information content (AvgIpc) is 2.55. The number of morpholine rings is 1. The topological polar surface area (TPSA) is 67.8 Å². The minimum atomic E-state index is -0.0509. The number of rotatable bonds is 3. The lowest BCUT2D eigenvalue weighted by molar-refractivity contribution is -0.122. The lowest BCUT2D eigenvalue weighted by atomic mass is 10.1. The molecule has 3 heterocycles. The first-order valence-electron chi connectivity index (χ1n) is 7.27. The maximum Gasteiger partial charge on any atom is 0.254 e. The molecule has 1 aromatic heterocycles. The highest BCUT2D eigenvalue weighted by molar-refractivity contribution is 5.94. The van der Waals surface area contributed by atoms with Gasteiger partial charge in [-0.3, -0.25) is 9.69 Å². The number of carbonyl (C=O) groups excluding carboxylic acids is 1. The standard InChI is InChI=1S/C14H20N4O3/c1-20-10-12(19)18-4-2-3-11-9-15-14(16-13(11)18)17-5-7-21-8-6-17/h9H,2-8,10H2,1H3. The number of ether oxygens (including phenoxy) is 2. The summed E-state index contributed by atoms with van der Waals surface area (Å²) in [6, 6.07) is 0. The summed E-state index contributed by atoms with van der Waals surface area (Å²) in [6.07, 6.45) is 3.69. The van der Waals surface area contributed by atoms with Gasteiger partial charge < -0.3 is 14.4 Å². The van der Waals surface area contributed by atoms with Crippen molar-refractivity contribution in [3.63, 3.8) is 0 Å². The molecule has 0 radical (unpaired) electrons. The Balaban J connectivity index is 1.87. The van der Waals surface area contributed by atoms with E-state index in [0.29, 0.717) is 25.7 Å². The fourth-order valence-electron chi connectivity index (χ4n) is 2.69. The van der Waals surface area contributed by atoms with Crippen LogP contribution in [0, 0.1) is 0 Å². The third kappa shape index (κ3) is 2.98. The fourth-order valence-corrected chi connectivity index (χ4v) is 2.69. The molecular weight excluding hydrogens is 272 g/mol. The van der Waals surface area contributed by atoms with Gasteiger partial charge in [-0.1, -0.05) is 0 Å². The summed E-state index contributed by atoms with van der Waals surface area (Å²) in [5, 5.41) is 0. The minimum Gasteiger partial charge on any atom is -0.378 e. The Kier molecular flexibility index (Phi) is 4.31. The molecule has 0 aliphatic carbocycles. The second kappa shape index (κ2) is 6.36. The van der Waals surface area contributed by atoms with Gasteiger partial charge in [-0.2, -0.15) is 4.98 Å². The number of hydrogen-bond donors (Lipinski definition) is 0. The summed E-state index contributed by atoms with van der Waals surface area (Å²) >= 11 is 0. The van der Waals surface area contributed by atoms with Crippen molar-refractivity contribution in [3.8, 4) is 0 Å². The summed E-state index contributed by atoms with van der Waals surface area (Å²) in [4.78, 5) is 25.0. The number of methoxy groups -OCH3 is 1. The molecule has 2 aliphatic rings. The van der Waals surface area contributed by atoms with Crippen LogP contribution < -0.4 is 9.80 Å². The van der Waals surface area contributed by atoms with Crippen molar-refractivity contribution in [1.82, 2.24) is 9.97 Å². The largest absolute Gasteiger partial charge is 0.378 e. The van der Waals surface area contributed by atoms with Crippen LogP contribution in [0.15, 0.2) is 6.20 Å². The van der Waals surface area contributed by atoms with E-state index in [2.05, 4.69) is 14.9 Å². The highest BCUT2D eigenvalue weighted by Crippen LogP contribution is 2.26. The molecule has 0 aromatic carbocycles.